The van der Waals surface area contributed by atoms with Crippen LogP contribution in [0.1, 0.15) is 62.1 Å². The zero-order valence-electron chi connectivity index (χ0n) is 22.5. The fourth-order valence-corrected chi connectivity index (χ4v) is 6.31. The van der Waals surface area contributed by atoms with Crippen molar-refractivity contribution in [1.82, 2.24) is 10.2 Å². The number of aryl methyl sites for hydroxylation is 2. The van der Waals surface area contributed by atoms with Crippen LogP contribution in [0.2, 0.25) is 10.0 Å². The minimum absolute atomic E-state index is 0.0376. The van der Waals surface area contributed by atoms with Crippen LogP contribution in [0.3, 0.4) is 0 Å². The Labute approximate surface area is 236 Å². The van der Waals surface area contributed by atoms with Crippen LogP contribution < -0.4 is 9.62 Å². The van der Waals surface area contributed by atoms with Crippen LogP contribution in [-0.2, 0) is 26.2 Å². The number of carbonyl (C=O) groups excluding carboxylic acids is 2. The summed E-state index contributed by atoms with van der Waals surface area (Å²) in [6.45, 7) is 5.18. The first-order valence-electron chi connectivity index (χ1n) is 13.0. The van der Waals surface area contributed by atoms with E-state index in [-0.39, 0.29) is 18.5 Å². The average molecular weight is 583 g/mol. The number of carbonyl (C=O) groups is 2. The molecular weight excluding hydrogens is 545 g/mol. The summed E-state index contributed by atoms with van der Waals surface area (Å²) < 4.78 is 26.8. The van der Waals surface area contributed by atoms with Gasteiger partial charge in [-0.1, -0.05) is 61.5 Å². The van der Waals surface area contributed by atoms with Crippen LogP contribution in [-0.4, -0.2) is 50.0 Å². The van der Waals surface area contributed by atoms with Crippen molar-refractivity contribution >= 4 is 50.7 Å². The molecule has 0 saturated heterocycles. The number of hydrogen-bond acceptors (Lipinski definition) is 4. The summed E-state index contributed by atoms with van der Waals surface area (Å²) in [5.74, 6) is -0.735. The highest BCUT2D eigenvalue weighted by atomic mass is 35.5. The largest absolute Gasteiger partial charge is 0.352 e. The van der Waals surface area contributed by atoms with Crippen molar-refractivity contribution in [2.75, 3.05) is 17.1 Å². The van der Waals surface area contributed by atoms with Gasteiger partial charge in [-0.15, -0.1) is 0 Å². The fraction of sp³-hybridized carbons (Fsp3) is 0.500. The van der Waals surface area contributed by atoms with Gasteiger partial charge in [0.2, 0.25) is 21.8 Å². The van der Waals surface area contributed by atoms with Crippen molar-refractivity contribution in [3.63, 3.8) is 0 Å². The number of amides is 2. The molecule has 7 nitrogen and oxygen atoms in total. The van der Waals surface area contributed by atoms with E-state index in [0.717, 1.165) is 53.8 Å². The first-order valence-corrected chi connectivity index (χ1v) is 15.6. The van der Waals surface area contributed by atoms with Crippen molar-refractivity contribution in [2.24, 2.45) is 0 Å². The van der Waals surface area contributed by atoms with E-state index < -0.39 is 28.5 Å². The van der Waals surface area contributed by atoms with Gasteiger partial charge in [0.15, 0.2) is 0 Å². The number of anilines is 1. The van der Waals surface area contributed by atoms with E-state index in [9.17, 15) is 18.0 Å². The Hall–Kier alpha value is -2.29. The number of halogens is 2. The van der Waals surface area contributed by atoms with Crippen molar-refractivity contribution in [3.05, 3.63) is 63.1 Å². The molecule has 0 unspecified atom stereocenters. The Morgan fingerprint density at radius 1 is 1.03 bits per heavy atom. The zero-order chi connectivity index (χ0) is 28.0. The molecule has 1 saturated carbocycles. The van der Waals surface area contributed by atoms with E-state index in [0.29, 0.717) is 27.7 Å². The third kappa shape index (κ3) is 8.10. The predicted molar refractivity (Wildman–Crippen MR) is 154 cm³/mol. The van der Waals surface area contributed by atoms with Gasteiger partial charge >= 0.3 is 0 Å². The van der Waals surface area contributed by atoms with Gasteiger partial charge in [0, 0.05) is 22.6 Å². The van der Waals surface area contributed by atoms with Crippen LogP contribution in [0.5, 0.6) is 0 Å². The lowest BCUT2D eigenvalue weighted by Crippen LogP contribution is -2.54. The first kappa shape index (κ1) is 30.3. The van der Waals surface area contributed by atoms with Gasteiger partial charge in [-0.05, 0) is 74.1 Å². The molecule has 38 heavy (non-hydrogen) atoms. The Kier molecular flexibility index (Phi) is 10.5. The standard InChI is InChI=1S/C28H37Cl2N3O4S/c1-5-26(28(35)31-23-9-7-6-8-10-23)32(17-21-11-12-22(29)16-25(21)30)27(34)18-33(38(4,36)37)24-14-19(2)13-20(3)15-24/h11-16,23,26H,5-10,17-18H2,1-4H3,(H,31,35)/t26-/m1/s1. The van der Waals surface area contributed by atoms with E-state index in [1.54, 1.807) is 30.3 Å². The molecule has 1 aliphatic carbocycles. The monoisotopic (exact) mass is 581 g/mol. The lowest BCUT2D eigenvalue weighted by molar-refractivity contribution is -0.140. The number of nitrogens with zero attached hydrogens (tertiary/aromatic N) is 2. The van der Waals surface area contributed by atoms with Crippen molar-refractivity contribution < 1.29 is 18.0 Å². The molecule has 2 aromatic rings. The van der Waals surface area contributed by atoms with Gasteiger partial charge in [0.05, 0.1) is 11.9 Å². The van der Waals surface area contributed by atoms with Crippen LogP contribution in [0, 0.1) is 13.8 Å². The van der Waals surface area contributed by atoms with E-state index in [2.05, 4.69) is 5.32 Å². The summed E-state index contributed by atoms with van der Waals surface area (Å²) in [6.07, 6.45) is 6.53. The van der Waals surface area contributed by atoms with Crippen LogP contribution in [0.4, 0.5) is 5.69 Å². The molecule has 2 amide bonds. The number of hydrogen-bond donors (Lipinski definition) is 1. The smallest absolute Gasteiger partial charge is 0.244 e. The molecule has 0 spiro atoms. The lowest BCUT2D eigenvalue weighted by atomic mass is 9.95. The number of benzene rings is 2. The minimum Gasteiger partial charge on any atom is -0.352 e. The molecule has 2 aromatic carbocycles. The highest BCUT2D eigenvalue weighted by Gasteiger charge is 2.33. The number of sulfonamides is 1. The minimum atomic E-state index is -3.80. The molecule has 0 aliphatic heterocycles. The number of nitrogens with one attached hydrogen (secondary N) is 1. The highest BCUT2D eigenvalue weighted by Crippen LogP contribution is 2.26. The predicted octanol–water partition coefficient (Wildman–Crippen LogP) is 5.63. The summed E-state index contributed by atoms with van der Waals surface area (Å²) in [7, 11) is -3.80. The molecule has 0 bridgehead atoms. The van der Waals surface area contributed by atoms with Crippen LogP contribution >= 0.6 is 23.2 Å². The molecule has 1 aliphatic rings. The van der Waals surface area contributed by atoms with Gasteiger partial charge in [-0.3, -0.25) is 13.9 Å². The fourth-order valence-electron chi connectivity index (χ4n) is 5.01. The summed E-state index contributed by atoms with van der Waals surface area (Å²) in [4.78, 5) is 28.8. The van der Waals surface area contributed by atoms with Gasteiger partial charge in [-0.25, -0.2) is 8.42 Å². The Morgan fingerprint density at radius 3 is 2.21 bits per heavy atom. The quantitative estimate of drug-likeness (QED) is 0.393. The van der Waals surface area contributed by atoms with Gasteiger partial charge < -0.3 is 10.2 Å². The molecule has 10 heteroatoms. The molecule has 1 atom stereocenters. The van der Waals surface area contributed by atoms with Crippen molar-refractivity contribution in [3.8, 4) is 0 Å². The molecule has 208 valence electrons. The molecule has 3 rings (SSSR count). The van der Waals surface area contributed by atoms with Crippen molar-refractivity contribution in [2.45, 2.75) is 77.9 Å². The summed E-state index contributed by atoms with van der Waals surface area (Å²) in [5.41, 5.74) is 2.78. The summed E-state index contributed by atoms with van der Waals surface area (Å²) >= 11 is 12.5. The first-order chi connectivity index (χ1) is 17.9. The highest BCUT2D eigenvalue weighted by molar-refractivity contribution is 7.92. The van der Waals surface area contributed by atoms with E-state index in [4.69, 9.17) is 23.2 Å². The molecule has 1 N–H and O–H groups in total. The van der Waals surface area contributed by atoms with E-state index in [1.807, 2.05) is 26.8 Å². The molecule has 0 aromatic heterocycles. The van der Waals surface area contributed by atoms with E-state index in [1.165, 1.54) is 4.90 Å². The maximum atomic E-state index is 13.9. The third-order valence-electron chi connectivity index (χ3n) is 6.87. The molecule has 0 radical (unpaired) electrons. The van der Waals surface area contributed by atoms with Gasteiger partial charge in [0.25, 0.3) is 0 Å². The van der Waals surface area contributed by atoms with Gasteiger partial charge in [-0.2, -0.15) is 0 Å². The topological polar surface area (TPSA) is 86.8 Å². The normalized spacial score (nSPS) is 15.1. The Balaban J connectivity index is 1.96. The van der Waals surface area contributed by atoms with Gasteiger partial charge in [0.1, 0.15) is 12.6 Å². The summed E-state index contributed by atoms with van der Waals surface area (Å²) in [5, 5.41) is 3.95. The molecular formula is C28H37Cl2N3O4S. The third-order valence-corrected chi connectivity index (χ3v) is 8.59. The Morgan fingerprint density at radius 2 is 1.66 bits per heavy atom. The lowest BCUT2D eigenvalue weighted by Gasteiger charge is -2.34. The summed E-state index contributed by atoms with van der Waals surface area (Å²) in [6, 6.07) is 9.65. The molecule has 0 heterocycles. The zero-order valence-corrected chi connectivity index (χ0v) is 24.8. The Bertz CT molecular complexity index is 1240. The second-order valence-electron chi connectivity index (χ2n) is 10.1. The number of rotatable bonds is 10. The van der Waals surface area contributed by atoms with Crippen LogP contribution in [0.25, 0.3) is 0 Å². The van der Waals surface area contributed by atoms with E-state index >= 15 is 0 Å². The SMILES string of the molecule is CC[C@H](C(=O)NC1CCCCC1)N(Cc1ccc(Cl)cc1Cl)C(=O)CN(c1cc(C)cc(C)c1)S(C)(=O)=O. The van der Waals surface area contributed by atoms with Crippen molar-refractivity contribution in [1.29, 1.82) is 0 Å². The molecule has 1 fully saturated rings. The maximum Gasteiger partial charge on any atom is 0.244 e. The van der Waals surface area contributed by atoms with Crippen LogP contribution in [0.15, 0.2) is 36.4 Å². The maximum absolute atomic E-state index is 13.9. The average Bonchev–Trinajstić information content (AvgIpc) is 2.82. The second-order valence-corrected chi connectivity index (χ2v) is 12.9. The second kappa shape index (κ2) is 13.2.